The van der Waals surface area contributed by atoms with Crippen molar-refractivity contribution in [3.8, 4) is 0 Å². The summed E-state index contributed by atoms with van der Waals surface area (Å²) in [5.41, 5.74) is -0.560. The molecule has 1 unspecified atom stereocenters. The van der Waals surface area contributed by atoms with Gasteiger partial charge in [0.2, 0.25) is 5.13 Å². The second-order valence-electron chi connectivity index (χ2n) is 4.21. The number of aliphatic hydroxyl groups is 1. The normalized spacial score (nSPS) is 14.2. The number of nitrogens with one attached hydrogen (secondary N) is 2. The smallest absolute Gasteiger partial charge is 0.321 e. The van der Waals surface area contributed by atoms with Gasteiger partial charge in [0.05, 0.1) is 0 Å². The first-order valence-corrected chi connectivity index (χ1v) is 6.53. The maximum atomic E-state index is 12.3. The minimum atomic E-state index is -2.70. The van der Waals surface area contributed by atoms with Gasteiger partial charge in [0.15, 0.2) is 5.01 Å². The van der Waals surface area contributed by atoms with Crippen molar-refractivity contribution in [1.82, 2.24) is 15.5 Å². The lowest BCUT2D eigenvalue weighted by molar-refractivity contribution is 0.150. The summed E-state index contributed by atoms with van der Waals surface area (Å²) in [7, 11) is 0. The van der Waals surface area contributed by atoms with E-state index in [2.05, 4.69) is 20.8 Å². The number of alkyl halides is 2. The third-order valence-electron chi connectivity index (χ3n) is 2.71. The van der Waals surface area contributed by atoms with Crippen molar-refractivity contribution in [1.29, 1.82) is 0 Å². The number of carbonyl (C=O) groups excluding carboxylic acids is 1. The Labute approximate surface area is 113 Å². The number of aliphatic hydroxyl groups excluding tert-OH is 1. The van der Waals surface area contributed by atoms with Crippen LogP contribution in [0, 0.1) is 0 Å². The van der Waals surface area contributed by atoms with Crippen LogP contribution < -0.4 is 10.6 Å². The predicted octanol–water partition coefficient (Wildman–Crippen LogP) is 2.15. The molecule has 1 heterocycles. The average molecular weight is 294 g/mol. The molecule has 6 nitrogen and oxygen atoms in total. The van der Waals surface area contributed by atoms with Gasteiger partial charge in [-0.1, -0.05) is 18.3 Å². The fourth-order valence-corrected chi connectivity index (χ4v) is 1.94. The van der Waals surface area contributed by atoms with Crippen molar-refractivity contribution in [2.45, 2.75) is 38.7 Å². The minimum Gasteiger partial charge on any atom is -0.396 e. The van der Waals surface area contributed by atoms with Crippen LogP contribution in [0.3, 0.4) is 0 Å². The SMILES string of the molecule is CCC(C)(CCO)NC(=O)Nc1nnc(C(F)F)s1. The molecular formula is C10H16F2N4O2S. The van der Waals surface area contributed by atoms with E-state index in [1.807, 2.05) is 6.92 Å². The molecular weight excluding hydrogens is 278 g/mol. The van der Waals surface area contributed by atoms with Gasteiger partial charge in [-0.05, 0) is 19.8 Å². The number of rotatable bonds is 6. The topological polar surface area (TPSA) is 87.1 Å². The zero-order valence-corrected chi connectivity index (χ0v) is 11.4. The fourth-order valence-electron chi connectivity index (χ4n) is 1.35. The minimum absolute atomic E-state index is 0.00949. The molecule has 0 bridgehead atoms. The number of carbonyl (C=O) groups is 1. The Morgan fingerprint density at radius 3 is 2.68 bits per heavy atom. The van der Waals surface area contributed by atoms with E-state index < -0.39 is 23.0 Å². The molecule has 19 heavy (non-hydrogen) atoms. The summed E-state index contributed by atoms with van der Waals surface area (Å²) in [4.78, 5) is 11.7. The second-order valence-corrected chi connectivity index (χ2v) is 5.22. The molecule has 0 aliphatic carbocycles. The Hall–Kier alpha value is -1.35. The first kappa shape index (κ1) is 15.7. The Morgan fingerprint density at radius 2 is 2.21 bits per heavy atom. The molecule has 0 saturated carbocycles. The quantitative estimate of drug-likeness (QED) is 0.750. The first-order valence-electron chi connectivity index (χ1n) is 5.72. The highest BCUT2D eigenvalue weighted by Crippen LogP contribution is 2.25. The number of hydrogen-bond donors (Lipinski definition) is 3. The van der Waals surface area contributed by atoms with Crippen LogP contribution >= 0.6 is 11.3 Å². The van der Waals surface area contributed by atoms with Gasteiger partial charge in [0.25, 0.3) is 6.43 Å². The van der Waals surface area contributed by atoms with Crippen LogP contribution in [0.25, 0.3) is 0 Å². The maximum absolute atomic E-state index is 12.3. The van der Waals surface area contributed by atoms with Crippen molar-refractivity contribution < 1.29 is 18.7 Å². The van der Waals surface area contributed by atoms with Crippen molar-refractivity contribution >= 4 is 22.5 Å². The maximum Gasteiger partial charge on any atom is 0.321 e. The number of halogens is 2. The van der Waals surface area contributed by atoms with Gasteiger partial charge in [-0.25, -0.2) is 13.6 Å². The monoisotopic (exact) mass is 294 g/mol. The van der Waals surface area contributed by atoms with Crippen molar-refractivity contribution in [3.63, 3.8) is 0 Å². The first-order chi connectivity index (χ1) is 8.90. The molecule has 0 saturated heterocycles. The van der Waals surface area contributed by atoms with E-state index in [0.29, 0.717) is 24.2 Å². The van der Waals surface area contributed by atoms with Crippen LogP contribution in [0.1, 0.15) is 38.1 Å². The molecule has 0 aliphatic heterocycles. The molecule has 9 heteroatoms. The van der Waals surface area contributed by atoms with Gasteiger partial charge in [-0.3, -0.25) is 5.32 Å². The summed E-state index contributed by atoms with van der Waals surface area (Å²) in [5.74, 6) is 0. The highest BCUT2D eigenvalue weighted by Gasteiger charge is 2.24. The van der Waals surface area contributed by atoms with E-state index in [9.17, 15) is 13.6 Å². The van der Waals surface area contributed by atoms with Gasteiger partial charge in [0.1, 0.15) is 0 Å². The molecule has 3 N–H and O–H groups in total. The van der Waals surface area contributed by atoms with Crippen LogP contribution in [-0.2, 0) is 0 Å². The summed E-state index contributed by atoms with van der Waals surface area (Å²) < 4.78 is 24.6. The number of hydrogen-bond acceptors (Lipinski definition) is 5. The highest BCUT2D eigenvalue weighted by atomic mass is 32.1. The van der Waals surface area contributed by atoms with Gasteiger partial charge >= 0.3 is 6.03 Å². The second kappa shape index (κ2) is 6.71. The van der Waals surface area contributed by atoms with Gasteiger partial charge < -0.3 is 10.4 Å². The highest BCUT2D eigenvalue weighted by molar-refractivity contribution is 7.15. The summed E-state index contributed by atoms with van der Waals surface area (Å²) >= 11 is 0.623. The molecule has 1 rings (SSSR count). The Morgan fingerprint density at radius 1 is 1.53 bits per heavy atom. The molecule has 0 aliphatic rings. The van der Waals surface area contributed by atoms with Crippen LogP contribution in [-0.4, -0.2) is 33.5 Å². The van der Waals surface area contributed by atoms with Crippen LogP contribution in [0.15, 0.2) is 0 Å². The molecule has 1 atom stereocenters. The fraction of sp³-hybridized carbons (Fsp3) is 0.700. The number of amides is 2. The summed E-state index contributed by atoms with van der Waals surface area (Å²) in [6.07, 6.45) is -1.68. The molecule has 1 aromatic rings. The van der Waals surface area contributed by atoms with Crippen LogP contribution in [0.4, 0.5) is 18.7 Å². The van der Waals surface area contributed by atoms with E-state index in [1.165, 1.54) is 0 Å². The third kappa shape index (κ3) is 4.67. The molecule has 0 fully saturated rings. The largest absolute Gasteiger partial charge is 0.396 e. The zero-order valence-electron chi connectivity index (χ0n) is 10.6. The summed E-state index contributed by atoms with van der Waals surface area (Å²) in [6.45, 7) is 3.60. The van der Waals surface area contributed by atoms with Crippen molar-refractivity contribution in [3.05, 3.63) is 5.01 Å². The lowest BCUT2D eigenvalue weighted by Gasteiger charge is -2.28. The number of nitrogens with zero attached hydrogens (tertiary/aromatic N) is 2. The standard InChI is InChI=1S/C10H16F2N4O2S/c1-3-10(2,4-5-17)14-8(18)13-9-16-15-7(19-9)6(11)12/h6,17H,3-5H2,1-2H3,(H2,13,14,16,18). The van der Waals surface area contributed by atoms with E-state index in [-0.39, 0.29) is 11.7 Å². The van der Waals surface area contributed by atoms with E-state index >= 15 is 0 Å². The number of anilines is 1. The molecule has 0 spiro atoms. The Bertz CT molecular complexity index is 429. The van der Waals surface area contributed by atoms with E-state index in [0.717, 1.165) is 0 Å². The lowest BCUT2D eigenvalue weighted by atomic mass is 9.95. The number of urea groups is 1. The van der Waals surface area contributed by atoms with E-state index in [4.69, 9.17) is 5.11 Å². The average Bonchev–Trinajstić information content (AvgIpc) is 2.77. The van der Waals surface area contributed by atoms with Gasteiger partial charge in [0, 0.05) is 12.1 Å². The predicted molar refractivity (Wildman–Crippen MR) is 67.4 cm³/mol. The Balaban J connectivity index is 2.59. The molecule has 2 amide bonds. The van der Waals surface area contributed by atoms with Gasteiger partial charge in [-0.15, -0.1) is 10.2 Å². The van der Waals surface area contributed by atoms with Crippen LogP contribution in [0.2, 0.25) is 0 Å². The lowest BCUT2D eigenvalue weighted by Crippen LogP contribution is -2.48. The number of aromatic nitrogens is 2. The summed E-state index contributed by atoms with van der Waals surface area (Å²) in [5, 5.41) is 20.2. The van der Waals surface area contributed by atoms with Crippen LogP contribution in [0.5, 0.6) is 0 Å². The molecule has 0 radical (unpaired) electrons. The van der Waals surface area contributed by atoms with Crippen molar-refractivity contribution in [2.75, 3.05) is 11.9 Å². The van der Waals surface area contributed by atoms with E-state index in [1.54, 1.807) is 6.92 Å². The summed E-state index contributed by atoms with van der Waals surface area (Å²) in [6, 6.07) is -0.560. The van der Waals surface area contributed by atoms with Crippen molar-refractivity contribution in [2.24, 2.45) is 0 Å². The molecule has 1 aromatic heterocycles. The third-order valence-corrected chi connectivity index (χ3v) is 3.55. The molecule has 108 valence electrons. The zero-order chi connectivity index (χ0) is 14.5. The van der Waals surface area contributed by atoms with Gasteiger partial charge in [-0.2, -0.15) is 0 Å². The Kier molecular flexibility index (Phi) is 5.55. The molecule has 0 aromatic carbocycles.